The second-order valence-corrected chi connectivity index (χ2v) is 5.12. The van der Waals surface area contributed by atoms with Gasteiger partial charge in [-0.25, -0.2) is 4.79 Å². The molecule has 0 aliphatic heterocycles. The normalized spacial score (nSPS) is 9.79. The van der Waals surface area contributed by atoms with Crippen LogP contribution in [0.5, 0.6) is 0 Å². The average molecular weight is 278 g/mol. The van der Waals surface area contributed by atoms with Crippen molar-refractivity contribution in [2.45, 2.75) is 18.7 Å². The molecule has 0 spiro atoms. The summed E-state index contributed by atoms with van der Waals surface area (Å²) in [6.07, 6.45) is 1.55. The Hall–Kier alpha value is -1.75. The maximum absolute atomic E-state index is 11.5. The van der Waals surface area contributed by atoms with Gasteiger partial charge in [0.05, 0.1) is 5.75 Å². The van der Waals surface area contributed by atoms with Crippen molar-refractivity contribution >= 4 is 23.7 Å². The molecule has 0 aliphatic carbocycles. The van der Waals surface area contributed by atoms with Crippen molar-refractivity contribution in [2.75, 3.05) is 12.3 Å². The smallest absolute Gasteiger partial charge is 0.321 e. The zero-order valence-corrected chi connectivity index (χ0v) is 12.0. The van der Waals surface area contributed by atoms with Crippen LogP contribution in [-0.2, 0) is 4.79 Å². The van der Waals surface area contributed by atoms with Gasteiger partial charge in [-0.3, -0.25) is 10.1 Å². The highest BCUT2D eigenvalue weighted by Crippen LogP contribution is 2.22. The van der Waals surface area contributed by atoms with Crippen LogP contribution in [0.4, 0.5) is 4.79 Å². The third-order valence-corrected chi connectivity index (χ3v) is 3.52. The molecular weight excluding hydrogens is 260 g/mol. The van der Waals surface area contributed by atoms with E-state index in [1.165, 1.54) is 17.3 Å². The van der Waals surface area contributed by atoms with Gasteiger partial charge < -0.3 is 5.32 Å². The minimum Gasteiger partial charge on any atom is -0.334 e. The van der Waals surface area contributed by atoms with Gasteiger partial charge in [-0.2, -0.15) is 0 Å². The molecule has 0 aromatic heterocycles. The summed E-state index contributed by atoms with van der Waals surface area (Å²) in [5.41, 5.74) is 2.32. The number of hydrogen-bond donors (Lipinski definition) is 2. The third-order valence-electron chi connectivity index (χ3n) is 2.35. The van der Waals surface area contributed by atoms with Crippen molar-refractivity contribution in [3.63, 3.8) is 0 Å². The van der Waals surface area contributed by atoms with E-state index >= 15 is 0 Å². The van der Waals surface area contributed by atoms with Gasteiger partial charge in [0.15, 0.2) is 0 Å². The van der Waals surface area contributed by atoms with Crippen LogP contribution in [0.2, 0.25) is 0 Å². The number of imide groups is 1. The Bertz CT molecular complexity index is 486. The molecule has 0 unspecified atom stereocenters. The fourth-order valence-electron chi connectivity index (χ4n) is 1.48. The molecule has 102 valence electrons. The standard InChI is InChI=1S/C14H18N2O2S/c1-4-7-15-14(18)16-13(17)9-19-12-6-5-10(2)8-11(12)3/h4-6,8H,1,7,9H2,2-3H3,(H2,15,16,17,18). The second-order valence-electron chi connectivity index (χ2n) is 4.10. The van der Waals surface area contributed by atoms with E-state index in [1.54, 1.807) is 6.08 Å². The largest absolute Gasteiger partial charge is 0.334 e. The number of carbonyl (C=O) groups is 2. The lowest BCUT2D eigenvalue weighted by Gasteiger charge is -2.07. The summed E-state index contributed by atoms with van der Waals surface area (Å²) in [5, 5.41) is 4.74. The lowest BCUT2D eigenvalue weighted by atomic mass is 10.2. The van der Waals surface area contributed by atoms with Gasteiger partial charge in [-0.15, -0.1) is 18.3 Å². The third kappa shape index (κ3) is 5.61. The van der Waals surface area contributed by atoms with Crippen LogP contribution >= 0.6 is 11.8 Å². The zero-order chi connectivity index (χ0) is 14.3. The molecule has 0 saturated carbocycles. The van der Waals surface area contributed by atoms with E-state index in [0.717, 1.165) is 10.5 Å². The fourth-order valence-corrected chi connectivity index (χ4v) is 2.29. The summed E-state index contributed by atoms with van der Waals surface area (Å²) in [4.78, 5) is 23.8. The summed E-state index contributed by atoms with van der Waals surface area (Å²) in [5.74, 6) is -0.0997. The first-order valence-electron chi connectivity index (χ1n) is 5.91. The Labute approximate surface area is 117 Å². The molecule has 0 aliphatic rings. The number of nitrogens with one attached hydrogen (secondary N) is 2. The van der Waals surface area contributed by atoms with Crippen molar-refractivity contribution in [1.29, 1.82) is 0 Å². The fraction of sp³-hybridized carbons (Fsp3) is 0.286. The lowest BCUT2D eigenvalue weighted by Crippen LogP contribution is -2.40. The predicted molar refractivity (Wildman–Crippen MR) is 78.4 cm³/mol. The van der Waals surface area contributed by atoms with Gasteiger partial charge in [0.2, 0.25) is 5.91 Å². The maximum Gasteiger partial charge on any atom is 0.321 e. The summed E-state index contributed by atoms with van der Waals surface area (Å²) in [7, 11) is 0. The van der Waals surface area contributed by atoms with E-state index in [0.29, 0.717) is 6.54 Å². The van der Waals surface area contributed by atoms with E-state index in [-0.39, 0.29) is 11.7 Å². The summed E-state index contributed by atoms with van der Waals surface area (Å²) >= 11 is 1.42. The van der Waals surface area contributed by atoms with E-state index < -0.39 is 6.03 Å². The minimum absolute atomic E-state index is 0.214. The number of rotatable bonds is 5. The highest BCUT2D eigenvalue weighted by atomic mass is 32.2. The molecule has 0 radical (unpaired) electrons. The Morgan fingerprint density at radius 2 is 2.11 bits per heavy atom. The van der Waals surface area contributed by atoms with Crippen molar-refractivity contribution in [2.24, 2.45) is 0 Å². The monoisotopic (exact) mass is 278 g/mol. The molecular formula is C14H18N2O2S. The van der Waals surface area contributed by atoms with Crippen molar-refractivity contribution < 1.29 is 9.59 Å². The molecule has 5 heteroatoms. The van der Waals surface area contributed by atoms with E-state index in [9.17, 15) is 9.59 Å². The predicted octanol–water partition coefficient (Wildman–Crippen LogP) is 2.41. The highest BCUT2D eigenvalue weighted by Gasteiger charge is 2.08. The highest BCUT2D eigenvalue weighted by molar-refractivity contribution is 8.00. The molecule has 1 aromatic rings. The van der Waals surface area contributed by atoms with Crippen LogP contribution < -0.4 is 10.6 Å². The first-order valence-corrected chi connectivity index (χ1v) is 6.90. The number of carbonyl (C=O) groups excluding carboxylic acids is 2. The SMILES string of the molecule is C=CCNC(=O)NC(=O)CSc1ccc(C)cc1C. The van der Waals surface area contributed by atoms with Crippen LogP contribution in [0.25, 0.3) is 0 Å². The first kappa shape index (κ1) is 15.3. The van der Waals surface area contributed by atoms with Gasteiger partial charge in [0.25, 0.3) is 0 Å². The number of hydrogen-bond acceptors (Lipinski definition) is 3. The molecule has 3 amide bonds. The minimum atomic E-state index is -0.494. The quantitative estimate of drug-likeness (QED) is 0.642. The Morgan fingerprint density at radius 1 is 1.37 bits per heavy atom. The van der Waals surface area contributed by atoms with Gasteiger partial charge >= 0.3 is 6.03 Å². The van der Waals surface area contributed by atoms with Crippen molar-refractivity contribution in [1.82, 2.24) is 10.6 Å². The number of urea groups is 1. The van der Waals surface area contributed by atoms with Gasteiger partial charge in [-0.05, 0) is 25.5 Å². The summed E-state index contributed by atoms with van der Waals surface area (Å²) in [6.45, 7) is 7.84. The molecule has 0 heterocycles. The second kappa shape index (κ2) is 7.63. The number of thioether (sulfide) groups is 1. The molecule has 0 atom stereocenters. The summed E-state index contributed by atoms with van der Waals surface area (Å²) in [6, 6.07) is 5.56. The Morgan fingerprint density at radius 3 is 2.74 bits per heavy atom. The molecule has 0 saturated heterocycles. The number of aryl methyl sites for hydroxylation is 2. The van der Waals surface area contributed by atoms with Crippen LogP contribution in [0.15, 0.2) is 35.7 Å². The van der Waals surface area contributed by atoms with Crippen LogP contribution in [0.1, 0.15) is 11.1 Å². The zero-order valence-electron chi connectivity index (χ0n) is 11.2. The topological polar surface area (TPSA) is 58.2 Å². The van der Waals surface area contributed by atoms with E-state index in [1.807, 2.05) is 26.0 Å². The number of benzene rings is 1. The molecule has 0 bridgehead atoms. The van der Waals surface area contributed by atoms with Crippen molar-refractivity contribution in [3.05, 3.63) is 42.0 Å². The van der Waals surface area contributed by atoms with Crippen LogP contribution in [0, 0.1) is 13.8 Å². The van der Waals surface area contributed by atoms with Crippen LogP contribution in [0.3, 0.4) is 0 Å². The molecule has 0 fully saturated rings. The molecule has 1 aromatic carbocycles. The molecule has 1 rings (SSSR count). The molecule has 4 nitrogen and oxygen atoms in total. The Balaban J connectivity index is 2.41. The van der Waals surface area contributed by atoms with Gasteiger partial charge in [-0.1, -0.05) is 23.8 Å². The maximum atomic E-state index is 11.5. The summed E-state index contributed by atoms with van der Waals surface area (Å²) < 4.78 is 0. The van der Waals surface area contributed by atoms with E-state index in [2.05, 4.69) is 23.3 Å². The lowest BCUT2D eigenvalue weighted by molar-refractivity contribution is -0.117. The number of amides is 3. The first-order chi connectivity index (χ1) is 9.02. The van der Waals surface area contributed by atoms with Crippen LogP contribution in [-0.4, -0.2) is 24.2 Å². The van der Waals surface area contributed by atoms with Gasteiger partial charge in [0, 0.05) is 11.4 Å². The van der Waals surface area contributed by atoms with E-state index in [4.69, 9.17) is 0 Å². The van der Waals surface area contributed by atoms with Crippen molar-refractivity contribution in [3.8, 4) is 0 Å². The molecule has 2 N–H and O–H groups in total. The Kier molecular flexibility index (Phi) is 6.15. The van der Waals surface area contributed by atoms with Gasteiger partial charge in [0.1, 0.15) is 0 Å². The average Bonchev–Trinajstić information content (AvgIpc) is 2.35. The molecule has 19 heavy (non-hydrogen) atoms.